The van der Waals surface area contributed by atoms with Crippen molar-refractivity contribution in [2.24, 2.45) is 0 Å². The van der Waals surface area contributed by atoms with Gasteiger partial charge in [-0.2, -0.15) is 0 Å². The number of hydrogen-bond acceptors (Lipinski definition) is 3. The molecule has 0 unspecified atom stereocenters. The van der Waals surface area contributed by atoms with Crippen LogP contribution in [0.15, 0.2) is 4.42 Å². The Morgan fingerprint density at radius 1 is 1.47 bits per heavy atom. The number of rotatable bonds is 4. The van der Waals surface area contributed by atoms with Gasteiger partial charge in [0.25, 0.3) is 0 Å². The summed E-state index contributed by atoms with van der Waals surface area (Å²) in [6.07, 6.45) is 3.69. The van der Waals surface area contributed by atoms with E-state index in [0.717, 1.165) is 19.3 Å². The molecule has 92 valence electrons. The summed E-state index contributed by atoms with van der Waals surface area (Å²) in [4.78, 5) is 22.3. The second-order valence-electron chi connectivity index (χ2n) is 4.82. The molecule has 1 aromatic rings. The molecule has 1 saturated carbocycles. The van der Waals surface area contributed by atoms with Crippen LogP contribution in [0.3, 0.4) is 0 Å². The Hall–Kier alpha value is -1.58. The highest BCUT2D eigenvalue weighted by Gasteiger charge is 2.32. The Bertz CT molecular complexity index is 452. The van der Waals surface area contributed by atoms with E-state index in [1.807, 2.05) is 13.8 Å². The number of aromatic carboxylic acids is 1. The SMILES string of the molecule is CC(C)c1oc(C2CCC2)c(C=O)c1C(=O)O. The molecule has 1 aliphatic carbocycles. The summed E-state index contributed by atoms with van der Waals surface area (Å²) in [7, 11) is 0. The fraction of sp³-hybridized carbons (Fsp3) is 0.538. The van der Waals surface area contributed by atoms with Crippen LogP contribution < -0.4 is 0 Å². The molecule has 0 aliphatic heterocycles. The molecule has 0 atom stereocenters. The first kappa shape index (κ1) is 11.9. The quantitative estimate of drug-likeness (QED) is 0.815. The first-order valence-corrected chi connectivity index (χ1v) is 5.91. The van der Waals surface area contributed by atoms with E-state index >= 15 is 0 Å². The Balaban J connectivity index is 2.56. The van der Waals surface area contributed by atoms with Crippen molar-refractivity contribution >= 4 is 12.3 Å². The van der Waals surface area contributed by atoms with Gasteiger partial charge in [-0.25, -0.2) is 4.79 Å². The monoisotopic (exact) mass is 236 g/mol. The van der Waals surface area contributed by atoms with Crippen LogP contribution in [0.1, 0.15) is 77.2 Å². The molecule has 2 rings (SSSR count). The van der Waals surface area contributed by atoms with Gasteiger partial charge in [0.2, 0.25) is 0 Å². The maximum atomic E-state index is 11.2. The average molecular weight is 236 g/mol. The maximum Gasteiger partial charge on any atom is 0.340 e. The lowest BCUT2D eigenvalue weighted by atomic mass is 9.82. The average Bonchev–Trinajstić information content (AvgIpc) is 2.54. The second-order valence-corrected chi connectivity index (χ2v) is 4.82. The molecule has 0 amide bonds. The summed E-state index contributed by atoms with van der Waals surface area (Å²) in [6.45, 7) is 3.73. The summed E-state index contributed by atoms with van der Waals surface area (Å²) in [5, 5.41) is 9.19. The predicted octanol–water partition coefficient (Wildman–Crippen LogP) is 3.18. The molecule has 1 aromatic heterocycles. The van der Waals surface area contributed by atoms with Crippen molar-refractivity contribution in [2.45, 2.75) is 44.9 Å². The van der Waals surface area contributed by atoms with Crippen LogP contribution in [0.4, 0.5) is 0 Å². The number of hydrogen-bond donors (Lipinski definition) is 1. The fourth-order valence-corrected chi connectivity index (χ4v) is 2.20. The van der Waals surface area contributed by atoms with Crippen molar-refractivity contribution < 1.29 is 19.1 Å². The molecular formula is C13H16O4. The molecule has 1 fully saturated rings. The second kappa shape index (κ2) is 4.35. The van der Waals surface area contributed by atoms with Gasteiger partial charge in [0, 0.05) is 11.8 Å². The van der Waals surface area contributed by atoms with E-state index in [1.165, 1.54) is 0 Å². The third-order valence-corrected chi connectivity index (χ3v) is 3.33. The van der Waals surface area contributed by atoms with Crippen LogP contribution in [0.5, 0.6) is 0 Å². The molecule has 0 aromatic carbocycles. The lowest BCUT2D eigenvalue weighted by Crippen LogP contribution is -2.10. The topological polar surface area (TPSA) is 67.5 Å². The lowest BCUT2D eigenvalue weighted by molar-refractivity contribution is 0.0691. The van der Waals surface area contributed by atoms with Gasteiger partial charge >= 0.3 is 5.97 Å². The van der Waals surface area contributed by atoms with Crippen LogP contribution in [0.2, 0.25) is 0 Å². The zero-order valence-corrected chi connectivity index (χ0v) is 10.0. The normalized spacial score (nSPS) is 15.9. The fourth-order valence-electron chi connectivity index (χ4n) is 2.20. The molecule has 1 heterocycles. The van der Waals surface area contributed by atoms with Crippen molar-refractivity contribution in [1.29, 1.82) is 0 Å². The third-order valence-electron chi connectivity index (χ3n) is 3.33. The molecule has 0 spiro atoms. The maximum absolute atomic E-state index is 11.2. The van der Waals surface area contributed by atoms with Gasteiger partial charge in [0.05, 0.1) is 5.56 Å². The number of aldehydes is 1. The Labute approximate surface area is 99.6 Å². The van der Waals surface area contributed by atoms with Gasteiger partial charge in [-0.3, -0.25) is 4.79 Å². The lowest BCUT2D eigenvalue weighted by Gasteiger charge is -2.23. The summed E-state index contributed by atoms with van der Waals surface area (Å²) in [6, 6.07) is 0. The molecular weight excluding hydrogens is 220 g/mol. The molecule has 1 aliphatic rings. The molecule has 0 bridgehead atoms. The third kappa shape index (κ3) is 1.88. The van der Waals surface area contributed by atoms with Crippen molar-refractivity contribution in [1.82, 2.24) is 0 Å². The number of carbonyl (C=O) groups is 2. The zero-order chi connectivity index (χ0) is 12.6. The van der Waals surface area contributed by atoms with Gasteiger partial charge in [0.1, 0.15) is 17.1 Å². The summed E-state index contributed by atoms with van der Waals surface area (Å²) in [5.74, 6) is 0.105. The largest absolute Gasteiger partial charge is 0.478 e. The van der Waals surface area contributed by atoms with E-state index < -0.39 is 5.97 Å². The number of carboxylic acids is 1. The minimum absolute atomic E-state index is 0.0337. The Morgan fingerprint density at radius 3 is 2.47 bits per heavy atom. The molecule has 4 heteroatoms. The summed E-state index contributed by atoms with van der Waals surface area (Å²) >= 11 is 0. The molecule has 17 heavy (non-hydrogen) atoms. The van der Waals surface area contributed by atoms with E-state index in [0.29, 0.717) is 17.8 Å². The minimum Gasteiger partial charge on any atom is -0.478 e. The van der Waals surface area contributed by atoms with Crippen LogP contribution in [0.25, 0.3) is 0 Å². The Kier molecular flexibility index (Phi) is 3.05. The Morgan fingerprint density at radius 2 is 2.12 bits per heavy atom. The summed E-state index contributed by atoms with van der Waals surface area (Å²) < 4.78 is 5.65. The number of furan rings is 1. The van der Waals surface area contributed by atoms with E-state index in [-0.39, 0.29) is 23.0 Å². The van der Waals surface area contributed by atoms with Crippen LogP contribution in [-0.2, 0) is 0 Å². The first-order chi connectivity index (χ1) is 8.06. The van der Waals surface area contributed by atoms with Gasteiger partial charge in [-0.15, -0.1) is 0 Å². The summed E-state index contributed by atoms with van der Waals surface area (Å²) in [5.41, 5.74) is 0.294. The van der Waals surface area contributed by atoms with Crippen molar-refractivity contribution in [2.75, 3.05) is 0 Å². The van der Waals surface area contributed by atoms with Crippen molar-refractivity contribution in [3.05, 3.63) is 22.6 Å². The standard InChI is InChI=1S/C13H16O4/c1-7(2)11-10(13(15)16)9(6-14)12(17-11)8-4-3-5-8/h6-8H,3-5H2,1-2H3,(H,15,16). The molecule has 0 saturated heterocycles. The van der Waals surface area contributed by atoms with Crippen molar-refractivity contribution in [3.8, 4) is 0 Å². The van der Waals surface area contributed by atoms with Gasteiger partial charge < -0.3 is 9.52 Å². The molecule has 1 N–H and O–H groups in total. The highest BCUT2D eigenvalue weighted by atomic mass is 16.4. The van der Waals surface area contributed by atoms with E-state index in [4.69, 9.17) is 4.42 Å². The molecule has 0 radical (unpaired) electrons. The molecule has 4 nitrogen and oxygen atoms in total. The van der Waals surface area contributed by atoms with E-state index in [1.54, 1.807) is 0 Å². The number of carbonyl (C=O) groups excluding carboxylic acids is 1. The van der Waals surface area contributed by atoms with Crippen LogP contribution >= 0.6 is 0 Å². The highest BCUT2D eigenvalue weighted by Crippen LogP contribution is 2.41. The van der Waals surface area contributed by atoms with Gasteiger partial charge in [-0.1, -0.05) is 20.3 Å². The number of carboxylic acid groups (broad SMARTS) is 1. The van der Waals surface area contributed by atoms with E-state index in [2.05, 4.69) is 0 Å². The van der Waals surface area contributed by atoms with Gasteiger partial charge in [-0.05, 0) is 12.8 Å². The van der Waals surface area contributed by atoms with Crippen molar-refractivity contribution in [3.63, 3.8) is 0 Å². The predicted molar refractivity (Wildman–Crippen MR) is 61.7 cm³/mol. The van der Waals surface area contributed by atoms with E-state index in [9.17, 15) is 14.7 Å². The van der Waals surface area contributed by atoms with Crippen LogP contribution in [0, 0.1) is 0 Å². The minimum atomic E-state index is -1.08. The van der Waals surface area contributed by atoms with Crippen LogP contribution in [-0.4, -0.2) is 17.4 Å². The smallest absolute Gasteiger partial charge is 0.340 e. The highest BCUT2D eigenvalue weighted by molar-refractivity contribution is 5.99. The van der Waals surface area contributed by atoms with Gasteiger partial charge in [0.15, 0.2) is 6.29 Å². The zero-order valence-electron chi connectivity index (χ0n) is 10.0. The first-order valence-electron chi connectivity index (χ1n) is 5.91.